The smallest absolute Gasteiger partial charge is 0.416 e. The highest BCUT2D eigenvalue weighted by atomic mass is 19.4. The first-order valence-corrected chi connectivity index (χ1v) is 8.02. The van der Waals surface area contributed by atoms with Crippen LogP contribution < -0.4 is 5.32 Å². The predicted molar refractivity (Wildman–Crippen MR) is 89.3 cm³/mol. The fourth-order valence-corrected chi connectivity index (χ4v) is 2.27. The molecule has 1 N–H and O–H groups in total. The van der Waals surface area contributed by atoms with E-state index in [4.69, 9.17) is 4.74 Å². The Labute approximate surface area is 153 Å². The molecule has 0 saturated heterocycles. The molecule has 2 aromatic carbocycles. The summed E-state index contributed by atoms with van der Waals surface area (Å²) in [5.41, 5.74) is -0.656. The molecule has 2 aromatic rings. The molecule has 0 spiro atoms. The van der Waals surface area contributed by atoms with Crippen LogP contribution in [0.4, 0.5) is 17.6 Å². The van der Waals surface area contributed by atoms with E-state index < -0.39 is 41.6 Å². The summed E-state index contributed by atoms with van der Waals surface area (Å²) < 4.78 is 56.0. The monoisotopic (exact) mass is 383 g/mol. The normalized spacial score (nSPS) is 13.6. The Balaban J connectivity index is 1.99. The first kappa shape index (κ1) is 20.4. The van der Waals surface area contributed by atoms with E-state index in [0.29, 0.717) is 11.6 Å². The average Bonchev–Trinajstić information content (AvgIpc) is 2.61. The molecule has 4 nitrogen and oxygen atoms in total. The van der Waals surface area contributed by atoms with E-state index in [0.717, 1.165) is 12.1 Å². The molecule has 0 unspecified atom stereocenters. The first-order valence-electron chi connectivity index (χ1n) is 8.02. The summed E-state index contributed by atoms with van der Waals surface area (Å²) in [5.74, 6) is -2.09. The maximum Gasteiger partial charge on any atom is 0.416 e. The molecule has 0 saturated carbocycles. The molecule has 0 aliphatic heterocycles. The van der Waals surface area contributed by atoms with Crippen LogP contribution in [0, 0.1) is 5.82 Å². The number of rotatable bonds is 5. The number of benzene rings is 2. The topological polar surface area (TPSA) is 55.4 Å². The molecule has 1 amide bonds. The van der Waals surface area contributed by atoms with E-state index >= 15 is 0 Å². The zero-order chi connectivity index (χ0) is 20.2. The van der Waals surface area contributed by atoms with Crippen LogP contribution in [0.5, 0.6) is 0 Å². The van der Waals surface area contributed by atoms with Gasteiger partial charge in [-0.15, -0.1) is 0 Å². The third-order valence-corrected chi connectivity index (χ3v) is 3.81. The lowest BCUT2D eigenvalue weighted by Crippen LogP contribution is -2.37. The van der Waals surface area contributed by atoms with Gasteiger partial charge < -0.3 is 10.1 Å². The van der Waals surface area contributed by atoms with Gasteiger partial charge in [-0.1, -0.05) is 18.2 Å². The highest BCUT2D eigenvalue weighted by Crippen LogP contribution is 2.29. The van der Waals surface area contributed by atoms with Crippen molar-refractivity contribution in [3.63, 3.8) is 0 Å². The van der Waals surface area contributed by atoms with Gasteiger partial charge in [0.05, 0.1) is 17.2 Å². The number of carbonyl (C=O) groups excluding carboxylic acids is 2. The Morgan fingerprint density at radius 1 is 1.04 bits per heavy atom. The fraction of sp³-hybridized carbons (Fsp3) is 0.263. The van der Waals surface area contributed by atoms with Crippen molar-refractivity contribution in [2.45, 2.75) is 32.2 Å². The predicted octanol–water partition coefficient (Wildman–Crippen LogP) is 4.27. The second kappa shape index (κ2) is 8.20. The average molecular weight is 383 g/mol. The fourth-order valence-electron chi connectivity index (χ4n) is 2.27. The number of hydrogen-bond acceptors (Lipinski definition) is 3. The summed E-state index contributed by atoms with van der Waals surface area (Å²) >= 11 is 0. The molecular formula is C19H17F4NO3. The molecule has 0 fully saturated rings. The van der Waals surface area contributed by atoms with Crippen LogP contribution >= 0.6 is 0 Å². The van der Waals surface area contributed by atoms with Crippen LogP contribution in [-0.4, -0.2) is 18.0 Å². The third kappa shape index (κ3) is 5.54. The Morgan fingerprint density at radius 3 is 2.26 bits per heavy atom. The Hall–Kier alpha value is -2.90. The van der Waals surface area contributed by atoms with E-state index in [2.05, 4.69) is 5.32 Å². The van der Waals surface area contributed by atoms with Gasteiger partial charge >= 0.3 is 12.1 Å². The van der Waals surface area contributed by atoms with Gasteiger partial charge in [-0.3, -0.25) is 4.79 Å². The van der Waals surface area contributed by atoms with Crippen molar-refractivity contribution in [2.75, 3.05) is 0 Å². The largest absolute Gasteiger partial charge is 0.449 e. The van der Waals surface area contributed by atoms with Crippen LogP contribution in [0.25, 0.3) is 0 Å². The zero-order valence-electron chi connectivity index (χ0n) is 14.5. The lowest BCUT2D eigenvalue weighted by molar-refractivity contribution is -0.137. The van der Waals surface area contributed by atoms with Crippen molar-refractivity contribution < 1.29 is 31.9 Å². The van der Waals surface area contributed by atoms with Gasteiger partial charge in [-0.25, -0.2) is 9.18 Å². The standard InChI is InChI=1S/C19H17F4NO3/c1-11(13-6-8-16(20)9-7-13)24-17(25)12(2)27-18(26)14-4-3-5-15(10-14)19(21,22)23/h3-12H,1-2H3,(H,24,25)/t11-,12-/m1/s1. The van der Waals surface area contributed by atoms with Crippen LogP contribution in [0.2, 0.25) is 0 Å². The van der Waals surface area contributed by atoms with E-state index in [1.54, 1.807) is 6.92 Å². The molecule has 2 rings (SSSR count). The molecule has 144 valence electrons. The Kier molecular flexibility index (Phi) is 6.20. The highest BCUT2D eigenvalue weighted by molar-refractivity contribution is 5.92. The Morgan fingerprint density at radius 2 is 1.67 bits per heavy atom. The van der Waals surface area contributed by atoms with Crippen LogP contribution in [-0.2, 0) is 15.7 Å². The van der Waals surface area contributed by atoms with Gasteiger partial charge in [-0.2, -0.15) is 13.2 Å². The van der Waals surface area contributed by atoms with Crippen molar-refractivity contribution in [1.82, 2.24) is 5.32 Å². The van der Waals surface area contributed by atoms with Gasteiger partial charge in [0.2, 0.25) is 0 Å². The van der Waals surface area contributed by atoms with Gasteiger partial charge in [0.15, 0.2) is 6.10 Å². The quantitative estimate of drug-likeness (QED) is 0.620. The zero-order valence-corrected chi connectivity index (χ0v) is 14.5. The summed E-state index contributed by atoms with van der Waals surface area (Å²) in [6.45, 7) is 2.96. The molecule has 8 heteroatoms. The molecule has 27 heavy (non-hydrogen) atoms. The number of nitrogens with one attached hydrogen (secondary N) is 1. The summed E-state index contributed by atoms with van der Waals surface area (Å²) in [5, 5.41) is 2.59. The van der Waals surface area contributed by atoms with Crippen molar-refractivity contribution >= 4 is 11.9 Å². The van der Waals surface area contributed by atoms with E-state index in [9.17, 15) is 27.2 Å². The molecule has 0 bridgehead atoms. The number of halogens is 4. The van der Waals surface area contributed by atoms with Crippen molar-refractivity contribution in [2.24, 2.45) is 0 Å². The number of hydrogen-bond donors (Lipinski definition) is 1. The van der Waals surface area contributed by atoms with Gasteiger partial charge in [0, 0.05) is 0 Å². The van der Waals surface area contributed by atoms with E-state index in [1.165, 1.54) is 37.3 Å². The summed E-state index contributed by atoms with van der Waals surface area (Å²) in [7, 11) is 0. The second-order valence-electron chi connectivity index (χ2n) is 5.91. The maximum absolute atomic E-state index is 12.9. The summed E-state index contributed by atoms with van der Waals surface area (Å²) in [6.07, 6.45) is -5.82. The van der Waals surface area contributed by atoms with E-state index in [1.807, 2.05) is 0 Å². The molecular weight excluding hydrogens is 366 g/mol. The molecule has 0 radical (unpaired) electrons. The minimum absolute atomic E-state index is 0.309. The Bertz CT molecular complexity index is 818. The first-order chi connectivity index (χ1) is 12.6. The van der Waals surface area contributed by atoms with Gasteiger partial charge in [0.1, 0.15) is 5.82 Å². The number of carbonyl (C=O) groups is 2. The van der Waals surface area contributed by atoms with Crippen LogP contribution in [0.3, 0.4) is 0 Å². The third-order valence-electron chi connectivity index (χ3n) is 3.81. The molecule has 0 aliphatic carbocycles. The maximum atomic E-state index is 12.9. The van der Waals surface area contributed by atoms with Crippen LogP contribution in [0.1, 0.15) is 41.4 Å². The summed E-state index contributed by atoms with van der Waals surface area (Å²) in [4.78, 5) is 24.2. The van der Waals surface area contributed by atoms with Crippen molar-refractivity contribution in [3.05, 3.63) is 71.0 Å². The minimum Gasteiger partial charge on any atom is -0.449 e. The van der Waals surface area contributed by atoms with E-state index in [-0.39, 0.29) is 5.56 Å². The van der Waals surface area contributed by atoms with Crippen LogP contribution in [0.15, 0.2) is 48.5 Å². The number of esters is 1. The van der Waals surface area contributed by atoms with Crippen molar-refractivity contribution in [1.29, 1.82) is 0 Å². The lowest BCUT2D eigenvalue weighted by atomic mass is 10.1. The lowest BCUT2D eigenvalue weighted by Gasteiger charge is -2.18. The number of amides is 1. The molecule has 0 aliphatic rings. The minimum atomic E-state index is -4.59. The summed E-state index contributed by atoms with van der Waals surface area (Å²) in [6, 6.07) is 8.76. The van der Waals surface area contributed by atoms with Gasteiger partial charge in [-0.05, 0) is 49.7 Å². The molecule has 0 aromatic heterocycles. The molecule has 2 atom stereocenters. The van der Waals surface area contributed by atoms with Crippen molar-refractivity contribution in [3.8, 4) is 0 Å². The highest BCUT2D eigenvalue weighted by Gasteiger charge is 2.31. The SMILES string of the molecule is C[C@@H](OC(=O)c1cccc(C(F)(F)F)c1)C(=O)N[C@H](C)c1ccc(F)cc1. The number of ether oxygens (including phenoxy) is 1. The number of alkyl halides is 3. The van der Waals surface area contributed by atoms with Gasteiger partial charge in [0.25, 0.3) is 5.91 Å². The molecule has 0 heterocycles. The second-order valence-corrected chi connectivity index (χ2v) is 5.91.